The summed E-state index contributed by atoms with van der Waals surface area (Å²) < 4.78 is 21.8. The predicted molar refractivity (Wildman–Crippen MR) is 133 cm³/mol. The number of aromatic nitrogens is 1. The van der Waals surface area contributed by atoms with Gasteiger partial charge in [-0.1, -0.05) is 24.4 Å². The molecule has 1 aromatic heterocycles. The van der Waals surface area contributed by atoms with Gasteiger partial charge in [0.25, 0.3) is 0 Å². The summed E-state index contributed by atoms with van der Waals surface area (Å²) in [5.74, 6) is 1.81. The van der Waals surface area contributed by atoms with Crippen molar-refractivity contribution in [1.29, 1.82) is 0 Å². The lowest BCUT2D eigenvalue weighted by atomic mass is 9.89. The number of carbonyl (C=O) groups is 1. The van der Waals surface area contributed by atoms with Crippen molar-refractivity contribution in [2.24, 2.45) is 11.1 Å². The van der Waals surface area contributed by atoms with Crippen LogP contribution in [0, 0.1) is 5.92 Å². The first-order valence-electron chi connectivity index (χ1n) is 11.6. The number of ether oxygens (including phenoxy) is 4. The third-order valence-electron chi connectivity index (χ3n) is 6.32. The Morgan fingerprint density at radius 1 is 0.829 bits per heavy atom. The maximum absolute atomic E-state index is 12.8. The van der Waals surface area contributed by atoms with Gasteiger partial charge in [-0.3, -0.25) is 4.98 Å². The van der Waals surface area contributed by atoms with E-state index in [-0.39, 0.29) is 11.9 Å². The number of nitrogens with zero attached hydrogens (tertiary/aromatic N) is 2. The zero-order valence-electron chi connectivity index (χ0n) is 20.5. The van der Waals surface area contributed by atoms with Crippen molar-refractivity contribution in [2.45, 2.75) is 32.1 Å². The molecule has 8 heteroatoms. The van der Waals surface area contributed by atoms with Crippen molar-refractivity contribution < 1.29 is 28.6 Å². The van der Waals surface area contributed by atoms with Gasteiger partial charge in [0, 0.05) is 17.1 Å². The molecular weight excluding hydrogens is 448 g/mol. The maximum Gasteiger partial charge on any atom is 0.338 e. The lowest BCUT2D eigenvalue weighted by molar-refractivity contribution is -0.149. The Morgan fingerprint density at radius 3 is 2.17 bits per heavy atom. The highest BCUT2D eigenvalue weighted by Crippen LogP contribution is 2.35. The van der Waals surface area contributed by atoms with E-state index in [1.165, 1.54) is 0 Å². The zero-order valence-corrected chi connectivity index (χ0v) is 20.5. The quantitative estimate of drug-likeness (QED) is 0.251. The summed E-state index contributed by atoms with van der Waals surface area (Å²) >= 11 is 0. The van der Waals surface area contributed by atoms with Crippen LogP contribution in [0.1, 0.15) is 43.4 Å². The van der Waals surface area contributed by atoms with Crippen molar-refractivity contribution in [3.8, 4) is 23.0 Å². The molecule has 4 rings (SSSR count). The van der Waals surface area contributed by atoms with Gasteiger partial charge >= 0.3 is 5.97 Å². The third-order valence-corrected chi connectivity index (χ3v) is 6.32. The van der Waals surface area contributed by atoms with Gasteiger partial charge in [-0.15, -0.1) is 0 Å². The molecule has 1 aliphatic rings. The number of methoxy groups -OCH3 is 4. The number of pyridine rings is 1. The molecule has 0 N–H and O–H groups in total. The van der Waals surface area contributed by atoms with Crippen LogP contribution in [0.3, 0.4) is 0 Å². The Balaban J connectivity index is 1.84. The first-order valence-corrected chi connectivity index (χ1v) is 11.6. The van der Waals surface area contributed by atoms with E-state index in [1.54, 1.807) is 46.8 Å². The second-order valence-electron chi connectivity index (χ2n) is 8.34. The molecule has 3 aromatic rings. The Morgan fingerprint density at radius 2 is 1.49 bits per heavy atom. The highest BCUT2D eigenvalue weighted by Gasteiger charge is 2.24. The van der Waals surface area contributed by atoms with E-state index in [1.807, 2.05) is 24.3 Å². The fourth-order valence-corrected chi connectivity index (χ4v) is 4.41. The van der Waals surface area contributed by atoms with E-state index in [4.69, 9.17) is 23.8 Å². The smallest absolute Gasteiger partial charge is 0.338 e. The van der Waals surface area contributed by atoms with Gasteiger partial charge in [-0.25, -0.2) is 4.79 Å². The van der Waals surface area contributed by atoms with Crippen LogP contribution in [-0.2, 0) is 9.63 Å². The van der Waals surface area contributed by atoms with Crippen molar-refractivity contribution in [3.63, 3.8) is 0 Å². The number of oxime groups is 1. The molecule has 0 spiro atoms. The van der Waals surface area contributed by atoms with Gasteiger partial charge in [0.1, 0.15) is 11.4 Å². The molecule has 1 saturated carbocycles. The molecule has 0 unspecified atom stereocenters. The molecule has 0 bridgehead atoms. The minimum absolute atomic E-state index is 0.135. The molecule has 1 aliphatic carbocycles. The summed E-state index contributed by atoms with van der Waals surface area (Å²) in [6.45, 7) is 0. The predicted octanol–water partition coefficient (Wildman–Crippen LogP) is 5.15. The summed E-state index contributed by atoms with van der Waals surface area (Å²) in [5, 5.41) is 6.00. The van der Waals surface area contributed by atoms with Crippen molar-refractivity contribution in [3.05, 3.63) is 53.9 Å². The van der Waals surface area contributed by atoms with Gasteiger partial charge in [-0.05, 0) is 54.6 Å². The molecule has 1 heterocycles. The largest absolute Gasteiger partial charge is 0.493 e. The first kappa shape index (κ1) is 24.3. The third kappa shape index (κ3) is 5.16. The molecule has 35 heavy (non-hydrogen) atoms. The van der Waals surface area contributed by atoms with Crippen LogP contribution < -0.4 is 18.9 Å². The Hall–Kier alpha value is -3.81. The van der Waals surface area contributed by atoms with Crippen LogP contribution in [0.25, 0.3) is 10.8 Å². The minimum Gasteiger partial charge on any atom is -0.493 e. The van der Waals surface area contributed by atoms with Crippen LogP contribution in [0.15, 0.2) is 47.8 Å². The fraction of sp³-hybridized carbons (Fsp3) is 0.370. The van der Waals surface area contributed by atoms with E-state index in [9.17, 15) is 4.79 Å². The molecule has 0 radical (unpaired) electrons. The fourth-order valence-electron chi connectivity index (χ4n) is 4.41. The number of fused-ring (bicyclic) bond motifs is 1. The topological polar surface area (TPSA) is 88.5 Å². The number of hydrogen-bond donors (Lipinski definition) is 0. The molecular formula is C27H30N2O6. The highest BCUT2D eigenvalue weighted by atomic mass is 16.7. The van der Waals surface area contributed by atoms with E-state index in [2.05, 4.69) is 10.1 Å². The van der Waals surface area contributed by atoms with E-state index >= 15 is 0 Å². The van der Waals surface area contributed by atoms with Crippen LogP contribution >= 0.6 is 0 Å². The molecule has 0 aliphatic heterocycles. The van der Waals surface area contributed by atoms with Gasteiger partial charge < -0.3 is 23.8 Å². The Kier molecular flexibility index (Phi) is 7.70. The normalized spacial score (nSPS) is 14.5. The first-order chi connectivity index (χ1) is 17.1. The van der Waals surface area contributed by atoms with Crippen molar-refractivity contribution in [2.75, 3.05) is 28.4 Å². The minimum atomic E-state index is -0.317. The molecule has 184 valence electrons. The summed E-state index contributed by atoms with van der Waals surface area (Å²) in [6, 6.07) is 11.0. The van der Waals surface area contributed by atoms with E-state index in [0.29, 0.717) is 40.0 Å². The summed E-state index contributed by atoms with van der Waals surface area (Å²) in [4.78, 5) is 22.9. The van der Waals surface area contributed by atoms with Gasteiger partial charge in [0.15, 0.2) is 23.0 Å². The highest BCUT2D eigenvalue weighted by molar-refractivity contribution is 6.18. The molecule has 8 nitrogen and oxygen atoms in total. The zero-order chi connectivity index (χ0) is 24.8. The average Bonchev–Trinajstić information content (AvgIpc) is 2.92. The SMILES string of the molecule is COc1ccc(/C(=N\OC(=O)C2CCCCC2)c2nccc3cc(OC)c(OC)cc23)cc1OC. The van der Waals surface area contributed by atoms with Gasteiger partial charge in [0.05, 0.1) is 34.4 Å². The Bertz CT molecular complexity index is 1230. The molecule has 2 aromatic carbocycles. The van der Waals surface area contributed by atoms with Crippen LogP contribution in [0.4, 0.5) is 0 Å². The van der Waals surface area contributed by atoms with Crippen LogP contribution in [0.5, 0.6) is 23.0 Å². The van der Waals surface area contributed by atoms with Gasteiger partial charge in [0.2, 0.25) is 0 Å². The van der Waals surface area contributed by atoms with E-state index < -0.39 is 0 Å². The molecule has 0 saturated heterocycles. The molecule has 0 atom stereocenters. The van der Waals surface area contributed by atoms with Crippen molar-refractivity contribution in [1.82, 2.24) is 4.98 Å². The van der Waals surface area contributed by atoms with E-state index in [0.717, 1.165) is 42.9 Å². The van der Waals surface area contributed by atoms with Gasteiger partial charge in [-0.2, -0.15) is 0 Å². The summed E-state index contributed by atoms with van der Waals surface area (Å²) in [7, 11) is 6.31. The van der Waals surface area contributed by atoms with Crippen molar-refractivity contribution >= 4 is 22.5 Å². The standard InChI is InChI=1S/C27H30N2O6/c1-31-21-11-10-19(15-22(21)32-2)25(29-35-27(30)17-8-6-5-7-9-17)26-20-16-24(34-4)23(33-3)14-18(20)12-13-28-26/h10-17H,5-9H2,1-4H3/b29-25+. The van der Waals surface area contributed by atoms with Crippen LogP contribution in [-0.4, -0.2) is 45.1 Å². The number of rotatable bonds is 8. The second-order valence-corrected chi connectivity index (χ2v) is 8.34. The molecule has 1 fully saturated rings. The number of carbonyl (C=O) groups excluding carboxylic acids is 1. The number of hydrogen-bond acceptors (Lipinski definition) is 8. The average molecular weight is 479 g/mol. The summed E-state index contributed by atoms with van der Waals surface area (Å²) in [6.07, 6.45) is 6.53. The lowest BCUT2D eigenvalue weighted by Gasteiger charge is -2.18. The van der Waals surface area contributed by atoms with Crippen LogP contribution in [0.2, 0.25) is 0 Å². The summed E-state index contributed by atoms with van der Waals surface area (Å²) in [5.41, 5.74) is 1.59. The monoisotopic (exact) mass is 478 g/mol. The Labute approximate surface area is 204 Å². The lowest BCUT2D eigenvalue weighted by Crippen LogP contribution is -2.19. The molecule has 0 amide bonds. The second kappa shape index (κ2) is 11.1. The number of benzene rings is 2. The maximum atomic E-state index is 12.8.